The van der Waals surface area contributed by atoms with Crippen molar-refractivity contribution in [2.75, 3.05) is 6.54 Å². The molecule has 0 saturated carbocycles. The van der Waals surface area contributed by atoms with Crippen LogP contribution in [0, 0.1) is 11.3 Å². The van der Waals surface area contributed by atoms with Crippen molar-refractivity contribution in [3.8, 4) is 17.3 Å². The smallest absolute Gasteiger partial charge is 0.327 e. The quantitative estimate of drug-likeness (QED) is 0.707. The Morgan fingerprint density at radius 1 is 1.33 bits per heavy atom. The lowest BCUT2D eigenvalue weighted by Crippen LogP contribution is -2.06. The molecule has 6 nitrogen and oxygen atoms in total. The van der Waals surface area contributed by atoms with E-state index in [-0.39, 0.29) is 24.3 Å². The maximum absolute atomic E-state index is 13.8. The second-order valence-electron chi connectivity index (χ2n) is 5.80. The molecule has 2 aromatic heterocycles. The van der Waals surface area contributed by atoms with Crippen molar-refractivity contribution in [3.63, 3.8) is 0 Å². The predicted molar refractivity (Wildman–Crippen MR) is 89.9 cm³/mol. The summed E-state index contributed by atoms with van der Waals surface area (Å²) in [5.41, 5.74) is 5.65. The Labute approximate surface area is 151 Å². The van der Waals surface area contributed by atoms with E-state index in [1.165, 1.54) is 36.2 Å². The Kier molecular flexibility index (Phi) is 4.72. The average molecular weight is 378 g/mol. The molecule has 2 heterocycles. The summed E-state index contributed by atoms with van der Waals surface area (Å²) >= 11 is 0. The van der Waals surface area contributed by atoms with Gasteiger partial charge in [-0.2, -0.15) is 23.5 Å². The Bertz CT molecular complexity index is 1070. The van der Waals surface area contributed by atoms with Gasteiger partial charge in [-0.05, 0) is 24.3 Å². The number of hydrogen-bond acceptors (Lipinski definition) is 4. The van der Waals surface area contributed by atoms with E-state index in [2.05, 4.69) is 10.1 Å². The molecule has 1 aromatic carbocycles. The Hall–Kier alpha value is -3.19. The topological polar surface area (TPSA) is 85.5 Å². The van der Waals surface area contributed by atoms with Crippen LogP contribution in [0.4, 0.5) is 17.6 Å². The van der Waals surface area contributed by atoms with Crippen LogP contribution in [0.25, 0.3) is 22.3 Å². The summed E-state index contributed by atoms with van der Waals surface area (Å²) in [6.45, 7) is -0.121. The van der Waals surface area contributed by atoms with Crippen LogP contribution < -0.4 is 5.73 Å². The van der Waals surface area contributed by atoms with Crippen LogP contribution in [0.2, 0.25) is 0 Å². The van der Waals surface area contributed by atoms with E-state index in [0.717, 1.165) is 10.7 Å². The molecule has 3 rings (SSSR count). The molecule has 0 aliphatic heterocycles. The largest absolute Gasteiger partial charge is 0.435 e. The molecule has 0 saturated heterocycles. The second-order valence-corrected chi connectivity index (χ2v) is 5.80. The first-order valence-electron chi connectivity index (χ1n) is 7.79. The molecular weight excluding hydrogens is 364 g/mol. The van der Waals surface area contributed by atoms with Crippen molar-refractivity contribution in [2.45, 2.75) is 12.7 Å². The second kappa shape index (κ2) is 6.85. The maximum Gasteiger partial charge on any atom is 0.435 e. The van der Waals surface area contributed by atoms with Gasteiger partial charge in [-0.15, -0.1) is 0 Å². The number of allylic oxidation sites excluding steroid dienone is 1. The van der Waals surface area contributed by atoms with Gasteiger partial charge in [0.1, 0.15) is 5.83 Å². The summed E-state index contributed by atoms with van der Waals surface area (Å²) in [4.78, 5) is 4.20. The van der Waals surface area contributed by atoms with Crippen LogP contribution in [0.3, 0.4) is 0 Å². The molecule has 0 unspecified atom stereocenters. The van der Waals surface area contributed by atoms with Crippen molar-refractivity contribution in [1.82, 2.24) is 19.3 Å². The molecule has 10 heteroatoms. The van der Waals surface area contributed by atoms with Crippen LogP contribution in [-0.4, -0.2) is 25.9 Å². The van der Waals surface area contributed by atoms with Crippen LogP contribution in [0.15, 0.2) is 36.4 Å². The monoisotopic (exact) mass is 378 g/mol. The van der Waals surface area contributed by atoms with Crippen molar-refractivity contribution in [2.24, 2.45) is 12.8 Å². The van der Waals surface area contributed by atoms with E-state index in [9.17, 15) is 22.8 Å². The lowest BCUT2D eigenvalue weighted by atomic mass is 10.1. The number of aryl methyl sites for hydroxylation is 1. The first kappa shape index (κ1) is 18.6. The highest BCUT2D eigenvalue weighted by atomic mass is 19.4. The van der Waals surface area contributed by atoms with E-state index < -0.39 is 17.7 Å². The number of halogens is 4. The molecule has 0 atom stereocenters. The van der Waals surface area contributed by atoms with Crippen LogP contribution in [0.5, 0.6) is 0 Å². The van der Waals surface area contributed by atoms with Gasteiger partial charge in [-0.3, -0.25) is 4.68 Å². The Morgan fingerprint density at radius 2 is 2.07 bits per heavy atom. The molecule has 27 heavy (non-hydrogen) atoms. The van der Waals surface area contributed by atoms with E-state index in [0.29, 0.717) is 16.6 Å². The fourth-order valence-corrected chi connectivity index (χ4v) is 2.76. The number of alkyl halides is 3. The van der Waals surface area contributed by atoms with Gasteiger partial charge in [0.05, 0.1) is 41.2 Å². The molecule has 0 aliphatic carbocycles. The molecule has 0 amide bonds. The van der Waals surface area contributed by atoms with Gasteiger partial charge in [0.2, 0.25) is 0 Å². The number of fused-ring (bicyclic) bond motifs is 1. The Balaban J connectivity index is 2.20. The minimum absolute atomic E-state index is 0.0302. The van der Waals surface area contributed by atoms with Gasteiger partial charge in [-0.25, -0.2) is 9.37 Å². The normalized spacial score (nSPS) is 12.6. The summed E-state index contributed by atoms with van der Waals surface area (Å²) in [6.07, 6.45) is -2.03. The number of hydrogen-bond donors (Lipinski definition) is 1. The minimum atomic E-state index is -4.60. The Morgan fingerprint density at radius 3 is 2.67 bits per heavy atom. The zero-order valence-electron chi connectivity index (χ0n) is 14.1. The first-order valence-corrected chi connectivity index (χ1v) is 7.79. The fraction of sp³-hybridized carbons (Fsp3) is 0.235. The number of imidazole rings is 1. The third-order valence-corrected chi connectivity index (χ3v) is 3.96. The summed E-state index contributed by atoms with van der Waals surface area (Å²) < 4.78 is 55.3. The van der Waals surface area contributed by atoms with Gasteiger partial charge in [0.15, 0.2) is 5.69 Å². The predicted octanol–water partition coefficient (Wildman–Crippen LogP) is 3.14. The number of benzene rings is 1. The molecule has 140 valence electrons. The van der Waals surface area contributed by atoms with Crippen LogP contribution in [-0.2, 0) is 19.8 Å². The number of nitrogens with zero attached hydrogens (tertiary/aromatic N) is 5. The fourth-order valence-electron chi connectivity index (χ4n) is 2.76. The van der Waals surface area contributed by atoms with Crippen molar-refractivity contribution >= 4 is 11.0 Å². The van der Waals surface area contributed by atoms with Crippen molar-refractivity contribution in [3.05, 3.63) is 47.7 Å². The highest BCUT2D eigenvalue weighted by Crippen LogP contribution is 2.34. The van der Waals surface area contributed by atoms with Crippen molar-refractivity contribution in [1.29, 1.82) is 5.26 Å². The molecule has 0 radical (unpaired) electrons. The molecule has 2 N–H and O–H groups in total. The van der Waals surface area contributed by atoms with Crippen LogP contribution in [0.1, 0.15) is 11.3 Å². The number of rotatable bonds is 4. The summed E-state index contributed by atoms with van der Waals surface area (Å²) in [5.74, 6) is -0.486. The standard InChI is InChI=1S/C17H14F4N6/c1-26-13(6-15(25-26)17(19,20)21)12-4-10(7-23)5-14-16(12)24-9-27(14)8-11(18)2-3-22/h2,4-6,9H,3,8,22H2,1H3/b11-2-. The highest BCUT2D eigenvalue weighted by Gasteiger charge is 2.35. The van der Waals surface area contributed by atoms with Gasteiger partial charge < -0.3 is 10.3 Å². The van der Waals surface area contributed by atoms with Gasteiger partial charge >= 0.3 is 6.18 Å². The zero-order chi connectivity index (χ0) is 19.8. The highest BCUT2D eigenvalue weighted by molar-refractivity contribution is 5.92. The molecule has 0 aliphatic rings. The summed E-state index contributed by atoms with van der Waals surface area (Å²) in [7, 11) is 1.37. The van der Waals surface area contributed by atoms with Gasteiger partial charge in [0, 0.05) is 19.2 Å². The molecular formula is C17H14F4N6. The number of nitrogens with two attached hydrogens (primary N) is 1. The van der Waals surface area contributed by atoms with Gasteiger partial charge in [0.25, 0.3) is 0 Å². The minimum Gasteiger partial charge on any atom is -0.327 e. The summed E-state index contributed by atoms with van der Waals surface area (Å²) in [5, 5.41) is 12.8. The van der Waals surface area contributed by atoms with E-state index >= 15 is 0 Å². The lowest BCUT2D eigenvalue weighted by molar-refractivity contribution is -0.141. The van der Waals surface area contributed by atoms with Crippen molar-refractivity contribution < 1.29 is 17.6 Å². The SMILES string of the molecule is Cn1nc(C(F)(F)F)cc1-c1cc(C#N)cc2c1ncn2C/C(F)=C/CN. The molecule has 3 aromatic rings. The average Bonchev–Trinajstić information content (AvgIpc) is 3.18. The molecule has 0 fully saturated rings. The number of nitriles is 1. The third kappa shape index (κ3) is 3.54. The maximum atomic E-state index is 13.8. The summed E-state index contributed by atoms with van der Waals surface area (Å²) in [6, 6.07) is 5.79. The molecule has 0 spiro atoms. The van der Waals surface area contributed by atoms with E-state index in [1.54, 1.807) is 0 Å². The lowest BCUT2D eigenvalue weighted by Gasteiger charge is -2.07. The first-order chi connectivity index (χ1) is 12.7. The third-order valence-electron chi connectivity index (χ3n) is 3.96. The zero-order valence-corrected chi connectivity index (χ0v) is 14.1. The van der Waals surface area contributed by atoms with Crippen LogP contribution >= 0.6 is 0 Å². The molecule has 0 bridgehead atoms. The van der Waals surface area contributed by atoms with E-state index in [4.69, 9.17) is 5.73 Å². The van der Waals surface area contributed by atoms with Gasteiger partial charge in [-0.1, -0.05) is 0 Å². The van der Waals surface area contributed by atoms with E-state index in [1.807, 2.05) is 6.07 Å². The number of aromatic nitrogens is 4.